The number of nitrogens with one attached hydrogen (secondary N) is 2. The Balaban J connectivity index is 1.52. The summed E-state index contributed by atoms with van der Waals surface area (Å²) in [5.41, 5.74) is 1.59. The maximum atomic E-state index is 10.9. The summed E-state index contributed by atoms with van der Waals surface area (Å²) >= 11 is 0. The quantitative estimate of drug-likeness (QED) is 0.647. The van der Waals surface area contributed by atoms with Crippen molar-refractivity contribution < 1.29 is 4.92 Å². The van der Waals surface area contributed by atoms with E-state index in [1.165, 1.54) is 6.07 Å². The summed E-state index contributed by atoms with van der Waals surface area (Å²) in [4.78, 5) is 23.1. The predicted octanol–water partition coefficient (Wildman–Crippen LogP) is 0.955. The lowest BCUT2D eigenvalue weighted by Gasteiger charge is -2.32. The Morgan fingerprint density at radius 3 is 2.87 bits per heavy atom. The molecule has 0 aliphatic carbocycles. The van der Waals surface area contributed by atoms with Gasteiger partial charge in [-0.2, -0.15) is 0 Å². The van der Waals surface area contributed by atoms with Crippen LogP contribution < -0.4 is 10.2 Å². The molecule has 4 rings (SSSR count). The van der Waals surface area contributed by atoms with Crippen LogP contribution in [0.4, 0.5) is 11.6 Å². The lowest BCUT2D eigenvalue weighted by Crippen LogP contribution is -2.49. The molecule has 2 saturated heterocycles. The average Bonchev–Trinajstić information content (AvgIpc) is 3.21. The third-order valence-electron chi connectivity index (χ3n) is 4.79. The summed E-state index contributed by atoms with van der Waals surface area (Å²) in [6, 6.07) is 5.33. The number of anilines is 1. The lowest BCUT2D eigenvalue weighted by atomic mass is 10.2. The molecule has 1 aromatic carbocycles. The fourth-order valence-electron chi connectivity index (χ4n) is 3.53. The normalized spacial score (nSPS) is 22.8. The van der Waals surface area contributed by atoms with Gasteiger partial charge in [-0.1, -0.05) is 0 Å². The second kappa shape index (κ2) is 5.78. The van der Waals surface area contributed by atoms with Gasteiger partial charge in [-0.3, -0.25) is 15.0 Å². The number of aromatic nitrogens is 2. The first-order valence-electron chi connectivity index (χ1n) is 8.04. The summed E-state index contributed by atoms with van der Waals surface area (Å²) in [6.07, 6.45) is 1.14. The zero-order valence-corrected chi connectivity index (χ0v) is 12.9. The van der Waals surface area contributed by atoms with Gasteiger partial charge in [0.25, 0.3) is 5.69 Å². The van der Waals surface area contributed by atoms with Crippen molar-refractivity contribution in [1.29, 1.82) is 0 Å². The Morgan fingerprint density at radius 1 is 1.26 bits per heavy atom. The summed E-state index contributed by atoms with van der Waals surface area (Å²) in [5.74, 6) is 0.818. The van der Waals surface area contributed by atoms with Crippen molar-refractivity contribution in [2.24, 2.45) is 0 Å². The van der Waals surface area contributed by atoms with E-state index in [1.807, 2.05) is 0 Å². The van der Waals surface area contributed by atoms with Crippen LogP contribution in [0.1, 0.15) is 6.42 Å². The minimum atomic E-state index is -0.379. The molecule has 122 valence electrons. The molecule has 1 unspecified atom stereocenters. The molecule has 2 N–H and O–H groups in total. The first-order valence-corrected chi connectivity index (χ1v) is 8.04. The van der Waals surface area contributed by atoms with Crippen molar-refractivity contribution in [3.63, 3.8) is 0 Å². The van der Waals surface area contributed by atoms with Gasteiger partial charge in [-0.25, -0.2) is 4.98 Å². The van der Waals surface area contributed by atoms with Crippen LogP contribution in [0.2, 0.25) is 0 Å². The van der Waals surface area contributed by atoms with Crippen LogP contribution in [0.3, 0.4) is 0 Å². The molecule has 1 atom stereocenters. The number of nitro groups is 1. The van der Waals surface area contributed by atoms with Crippen LogP contribution >= 0.6 is 0 Å². The third kappa shape index (κ3) is 2.75. The number of benzene rings is 1. The number of hydrogen-bond acceptors (Lipinski definition) is 6. The van der Waals surface area contributed by atoms with E-state index in [-0.39, 0.29) is 10.6 Å². The van der Waals surface area contributed by atoms with Gasteiger partial charge in [0.1, 0.15) is 0 Å². The lowest BCUT2D eigenvalue weighted by molar-refractivity contribution is -0.384. The molecule has 2 aromatic rings. The number of imidazole rings is 1. The van der Waals surface area contributed by atoms with Crippen LogP contribution in [-0.4, -0.2) is 65.1 Å². The van der Waals surface area contributed by atoms with Gasteiger partial charge in [0.15, 0.2) is 0 Å². The first-order chi connectivity index (χ1) is 11.2. The number of piperazine rings is 1. The van der Waals surface area contributed by atoms with Crippen molar-refractivity contribution >= 4 is 22.7 Å². The van der Waals surface area contributed by atoms with Gasteiger partial charge in [0.05, 0.1) is 16.0 Å². The number of non-ortho nitro benzene ring substituents is 1. The zero-order chi connectivity index (χ0) is 15.8. The number of nitrogens with zero attached hydrogens (tertiary/aromatic N) is 4. The largest absolute Gasteiger partial charge is 0.341 e. The molecular formula is C15H20N6O2. The standard InChI is InChI=1S/C15H20N6O2/c22-21(23)11-1-2-13-14(9-11)18-15(17-13)20-6-3-12(10-20)19-7-4-16-5-8-19/h1-2,9,12,16H,3-8,10H2,(H,17,18). The summed E-state index contributed by atoms with van der Waals surface area (Å²) in [7, 11) is 0. The fourth-order valence-corrected chi connectivity index (χ4v) is 3.53. The van der Waals surface area contributed by atoms with E-state index in [2.05, 4.69) is 25.1 Å². The van der Waals surface area contributed by atoms with Gasteiger partial charge in [-0.05, 0) is 12.5 Å². The summed E-state index contributed by atoms with van der Waals surface area (Å²) in [5, 5.41) is 14.3. The van der Waals surface area contributed by atoms with E-state index in [9.17, 15) is 10.1 Å². The van der Waals surface area contributed by atoms with Crippen LogP contribution in [0.25, 0.3) is 11.0 Å². The van der Waals surface area contributed by atoms with Gasteiger partial charge < -0.3 is 15.2 Å². The highest BCUT2D eigenvalue weighted by molar-refractivity contribution is 5.80. The van der Waals surface area contributed by atoms with E-state index >= 15 is 0 Å². The van der Waals surface area contributed by atoms with Gasteiger partial charge in [0.2, 0.25) is 5.95 Å². The molecule has 8 nitrogen and oxygen atoms in total. The van der Waals surface area contributed by atoms with Crippen molar-refractivity contribution in [3.8, 4) is 0 Å². The van der Waals surface area contributed by atoms with Crippen molar-refractivity contribution in [2.45, 2.75) is 12.5 Å². The molecule has 0 amide bonds. The highest BCUT2D eigenvalue weighted by Gasteiger charge is 2.29. The predicted molar refractivity (Wildman–Crippen MR) is 87.8 cm³/mol. The molecule has 2 aliphatic heterocycles. The molecule has 0 bridgehead atoms. The molecule has 0 saturated carbocycles. The van der Waals surface area contributed by atoms with Crippen molar-refractivity contribution in [2.75, 3.05) is 44.2 Å². The Bertz CT molecular complexity index is 724. The monoisotopic (exact) mass is 316 g/mol. The van der Waals surface area contributed by atoms with E-state index in [1.54, 1.807) is 12.1 Å². The minimum Gasteiger partial charge on any atom is -0.341 e. The Hall–Kier alpha value is -2.19. The number of H-pyrrole nitrogens is 1. The molecule has 0 radical (unpaired) electrons. The minimum absolute atomic E-state index is 0.0906. The van der Waals surface area contributed by atoms with E-state index in [0.717, 1.165) is 62.7 Å². The number of rotatable bonds is 3. The topological polar surface area (TPSA) is 90.3 Å². The molecule has 1 aromatic heterocycles. The molecule has 0 spiro atoms. The molecule has 3 heterocycles. The maximum Gasteiger partial charge on any atom is 0.271 e. The van der Waals surface area contributed by atoms with Crippen LogP contribution in [-0.2, 0) is 0 Å². The fraction of sp³-hybridized carbons (Fsp3) is 0.533. The van der Waals surface area contributed by atoms with Gasteiger partial charge in [-0.15, -0.1) is 0 Å². The third-order valence-corrected chi connectivity index (χ3v) is 4.79. The van der Waals surface area contributed by atoms with E-state index in [0.29, 0.717) is 6.04 Å². The second-order valence-electron chi connectivity index (χ2n) is 6.19. The van der Waals surface area contributed by atoms with Gasteiger partial charge >= 0.3 is 0 Å². The van der Waals surface area contributed by atoms with Crippen molar-refractivity contribution in [1.82, 2.24) is 20.2 Å². The highest BCUT2D eigenvalue weighted by atomic mass is 16.6. The Morgan fingerprint density at radius 2 is 2.09 bits per heavy atom. The van der Waals surface area contributed by atoms with E-state index < -0.39 is 0 Å². The van der Waals surface area contributed by atoms with E-state index in [4.69, 9.17) is 0 Å². The molecule has 2 aliphatic rings. The van der Waals surface area contributed by atoms with Crippen molar-refractivity contribution in [3.05, 3.63) is 28.3 Å². The maximum absolute atomic E-state index is 10.9. The van der Waals surface area contributed by atoms with Crippen LogP contribution in [0.15, 0.2) is 18.2 Å². The zero-order valence-electron chi connectivity index (χ0n) is 12.9. The summed E-state index contributed by atoms with van der Waals surface area (Å²) in [6.45, 7) is 6.25. The van der Waals surface area contributed by atoms with Crippen LogP contribution in [0, 0.1) is 10.1 Å². The van der Waals surface area contributed by atoms with Gasteiger partial charge in [0, 0.05) is 57.4 Å². The highest BCUT2D eigenvalue weighted by Crippen LogP contribution is 2.25. The molecule has 2 fully saturated rings. The number of hydrogen-bond donors (Lipinski definition) is 2. The SMILES string of the molecule is O=[N+]([O-])c1ccc2nc(N3CCC(N4CCNCC4)C3)[nH]c2c1. The number of nitro benzene ring substituents is 1. The average molecular weight is 316 g/mol. The first kappa shape index (κ1) is 14.4. The Kier molecular flexibility index (Phi) is 3.62. The molecule has 23 heavy (non-hydrogen) atoms. The molecule has 8 heteroatoms. The second-order valence-corrected chi connectivity index (χ2v) is 6.19. The van der Waals surface area contributed by atoms with Crippen LogP contribution in [0.5, 0.6) is 0 Å². The molecular weight excluding hydrogens is 296 g/mol. The summed E-state index contributed by atoms with van der Waals surface area (Å²) < 4.78 is 0. The Labute approximate surface area is 133 Å². The smallest absolute Gasteiger partial charge is 0.271 e. The number of aromatic amines is 1. The number of fused-ring (bicyclic) bond motifs is 1.